The largest absolute Gasteiger partial charge is 0.281 e. The highest BCUT2D eigenvalue weighted by atomic mass is 32.1. The molecule has 60 heavy (non-hydrogen) atoms. The third-order valence-electron chi connectivity index (χ3n) is 12.2. The maximum atomic E-state index is 5.68. The van der Waals surface area contributed by atoms with Crippen molar-refractivity contribution < 1.29 is 0 Å². The molecule has 8 aromatic rings. The molecule has 0 bridgehead atoms. The minimum absolute atomic E-state index is 0.135. The third kappa shape index (κ3) is 7.27. The Labute approximate surface area is 361 Å². The summed E-state index contributed by atoms with van der Waals surface area (Å²) in [6.07, 6.45) is 4.00. The summed E-state index contributed by atoms with van der Waals surface area (Å²) in [4.78, 5) is 6.67. The first-order chi connectivity index (χ1) is 29.4. The molecular weight excluding hydrogens is 743 g/mol. The van der Waals surface area contributed by atoms with Crippen molar-refractivity contribution in [3.63, 3.8) is 0 Å². The molecule has 0 aliphatic heterocycles. The van der Waals surface area contributed by atoms with Crippen LogP contribution in [0.2, 0.25) is 0 Å². The maximum absolute atomic E-state index is 5.68. The average molecular weight is 792 g/mol. The molecule has 0 saturated heterocycles. The van der Waals surface area contributed by atoms with Gasteiger partial charge in [0.1, 0.15) is 0 Å². The number of hydrogen-bond donors (Lipinski definition) is 1. The van der Waals surface area contributed by atoms with E-state index in [1.165, 1.54) is 66.8 Å². The second-order valence-corrected chi connectivity index (χ2v) is 16.4. The lowest BCUT2D eigenvalue weighted by Gasteiger charge is -2.34. The highest BCUT2D eigenvalue weighted by molar-refractivity contribution is 7.80. The van der Waals surface area contributed by atoms with Crippen LogP contribution in [-0.4, -0.2) is 5.71 Å². The summed E-state index contributed by atoms with van der Waals surface area (Å²) in [5.74, 6) is 0. The SMILES string of the molecule is CCc1ccccc1-c1cc(/C=C(/C)CC(=NC(C)c2cc3c(cc2-c2ccccc2)C(c2ccccc2)(c2ccccc2)c2ccccc2-3)c2ccccc2)ccc1S. The van der Waals surface area contributed by atoms with Crippen molar-refractivity contribution in [3.8, 4) is 33.4 Å². The number of aryl methyl sites for hydroxylation is 1. The van der Waals surface area contributed by atoms with Gasteiger partial charge in [-0.15, -0.1) is 12.6 Å². The van der Waals surface area contributed by atoms with Gasteiger partial charge in [-0.05, 0) is 122 Å². The van der Waals surface area contributed by atoms with Gasteiger partial charge in [0, 0.05) is 17.0 Å². The second-order valence-electron chi connectivity index (χ2n) is 16.0. The number of rotatable bonds is 11. The Hall–Kier alpha value is -6.48. The maximum Gasteiger partial charge on any atom is 0.0730 e. The first-order valence-electron chi connectivity index (χ1n) is 21.1. The predicted molar refractivity (Wildman–Crippen MR) is 257 cm³/mol. The molecule has 1 atom stereocenters. The number of fused-ring (bicyclic) bond motifs is 3. The average Bonchev–Trinajstić information content (AvgIpc) is 3.60. The normalized spacial score (nSPS) is 13.7. The number of allylic oxidation sites excluding steroid dienone is 1. The molecule has 0 radical (unpaired) electrons. The van der Waals surface area contributed by atoms with Gasteiger partial charge >= 0.3 is 0 Å². The first kappa shape index (κ1) is 39.0. The molecule has 0 N–H and O–H groups in total. The molecule has 292 valence electrons. The van der Waals surface area contributed by atoms with Crippen molar-refractivity contribution in [2.45, 2.75) is 50.0 Å². The van der Waals surface area contributed by atoms with Gasteiger partial charge in [-0.25, -0.2) is 0 Å². The van der Waals surface area contributed by atoms with Crippen LogP contribution >= 0.6 is 12.6 Å². The number of hydrogen-bond acceptors (Lipinski definition) is 2. The van der Waals surface area contributed by atoms with Crippen LogP contribution < -0.4 is 0 Å². The molecule has 0 saturated carbocycles. The summed E-state index contributed by atoms with van der Waals surface area (Å²) in [5.41, 5.74) is 19.2. The van der Waals surface area contributed by atoms with Crippen LogP contribution in [0.1, 0.15) is 77.7 Å². The Bertz CT molecular complexity index is 2800. The van der Waals surface area contributed by atoms with Crippen LogP contribution in [0.4, 0.5) is 0 Å². The third-order valence-corrected chi connectivity index (χ3v) is 12.6. The molecule has 2 heteroatoms. The standard InChI is InChI=1S/C58H49NS/c1-4-43-21-17-18-30-48(43)53-37-42(33-34-57(53)60)35-40(2)36-56(45-24-11-6-12-25-45)59-41(3)50-38-52-49-31-19-20-32-54(49)58(46-26-13-7-14-27-46,47-28-15-8-16-29-47)55(52)39-51(50)44-22-9-5-10-23-44/h5-35,37-39,41,60H,4,36H2,1-3H3/b40-35-,59-56?. The van der Waals surface area contributed by atoms with Crippen LogP contribution in [0.25, 0.3) is 39.5 Å². The molecule has 0 heterocycles. The van der Waals surface area contributed by atoms with Crippen molar-refractivity contribution in [3.05, 3.63) is 250 Å². The van der Waals surface area contributed by atoms with E-state index < -0.39 is 5.41 Å². The quantitative estimate of drug-likeness (QED) is 0.0989. The molecular formula is C58H49NS. The molecule has 1 aliphatic carbocycles. The molecule has 0 amide bonds. The van der Waals surface area contributed by atoms with Crippen LogP contribution in [0, 0.1) is 0 Å². The molecule has 0 aromatic heterocycles. The van der Waals surface area contributed by atoms with E-state index in [0.717, 1.165) is 40.1 Å². The van der Waals surface area contributed by atoms with E-state index in [1.807, 2.05) is 0 Å². The van der Waals surface area contributed by atoms with E-state index in [-0.39, 0.29) is 6.04 Å². The van der Waals surface area contributed by atoms with Gasteiger partial charge in [0.15, 0.2) is 0 Å². The lowest BCUT2D eigenvalue weighted by atomic mass is 9.67. The molecule has 9 rings (SSSR count). The molecule has 0 spiro atoms. The molecule has 1 nitrogen and oxygen atoms in total. The molecule has 1 unspecified atom stereocenters. The summed E-state index contributed by atoms with van der Waals surface area (Å²) in [7, 11) is 0. The summed E-state index contributed by atoms with van der Waals surface area (Å²) < 4.78 is 0. The van der Waals surface area contributed by atoms with Gasteiger partial charge in [-0.3, -0.25) is 4.99 Å². The molecule has 0 fully saturated rings. The predicted octanol–water partition coefficient (Wildman–Crippen LogP) is 15.3. The smallest absolute Gasteiger partial charge is 0.0730 e. The Morgan fingerprint density at radius 3 is 1.82 bits per heavy atom. The van der Waals surface area contributed by atoms with Crippen LogP contribution in [-0.2, 0) is 11.8 Å². The van der Waals surface area contributed by atoms with Gasteiger partial charge < -0.3 is 0 Å². The molecule has 1 aliphatic rings. The van der Waals surface area contributed by atoms with Gasteiger partial charge in [0.2, 0.25) is 0 Å². The van der Waals surface area contributed by atoms with E-state index >= 15 is 0 Å². The summed E-state index contributed by atoms with van der Waals surface area (Å²) in [6.45, 7) is 6.71. The van der Waals surface area contributed by atoms with E-state index in [4.69, 9.17) is 17.6 Å². The number of nitrogens with zero attached hydrogens (tertiary/aromatic N) is 1. The number of thiol groups is 1. The van der Waals surface area contributed by atoms with Gasteiger partial charge in [-0.1, -0.05) is 194 Å². The Morgan fingerprint density at radius 1 is 0.567 bits per heavy atom. The Morgan fingerprint density at radius 2 is 1.15 bits per heavy atom. The van der Waals surface area contributed by atoms with Gasteiger partial charge in [0.25, 0.3) is 0 Å². The fourth-order valence-corrected chi connectivity index (χ4v) is 9.68. The first-order valence-corrected chi connectivity index (χ1v) is 21.6. The highest BCUT2D eigenvalue weighted by Gasteiger charge is 2.46. The van der Waals surface area contributed by atoms with Crippen LogP contribution in [0.3, 0.4) is 0 Å². The lowest BCUT2D eigenvalue weighted by molar-refractivity contribution is 0.765. The Balaban J connectivity index is 1.19. The van der Waals surface area contributed by atoms with E-state index in [0.29, 0.717) is 0 Å². The van der Waals surface area contributed by atoms with E-state index in [2.05, 4.69) is 227 Å². The minimum Gasteiger partial charge on any atom is -0.281 e. The van der Waals surface area contributed by atoms with Crippen molar-refractivity contribution >= 4 is 24.4 Å². The van der Waals surface area contributed by atoms with Crippen molar-refractivity contribution in [2.75, 3.05) is 0 Å². The van der Waals surface area contributed by atoms with Crippen molar-refractivity contribution in [2.24, 2.45) is 4.99 Å². The monoisotopic (exact) mass is 791 g/mol. The van der Waals surface area contributed by atoms with E-state index in [9.17, 15) is 0 Å². The zero-order valence-corrected chi connectivity index (χ0v) is 35.4. The fraction of sp³-hybridized carbons (Fsp3) is 0.121. The number of aliphatic imine (C=N–C) groups is 1. The lowest BCUT2D eigenvalue weighted by Crippen LogP contribution is -2.28. The van der Waals surface area contributed by atoms with E-state index in [1.54, 1.807) is 0 Å². The minimum atomic E-state index is -0.482. The topological polar surface area (TPSA) is 12.4 Å². The zero-order chi connectivity index (χ0) is 41.1. The summed E-state index contributed by atoms with van der Waals surface area (Å²) in [5, 5.41) is 0. The Kier molecular flexibility index (Phi) is 11.1. The zero-order valence-electron chi connectivity index (χ0n) is 34.5. The van der Waals surface area contributed by atoms with Crippen LogP contribution in [0.15, 0.2) is 216 Å². The second kappa shape index (κ2) is 17.0. The highest BCUT2D eigenvalue weighted by Crippen LogP contribution is 2.57. The summed E-state index contributed by atoms with van der Waals surface area (Å²) >= 11 is 4.89. The molecule has 8 aromatic carbocycles. The van der Waals surface area contributed by atoms with Gasteiger partial charge in [0.05, 0.1) is 11.5 Å². The fourth-order valence-electron chi connectivity index (χ4n) is 9.42. The summed E-state index contributed by atoms with van der Waals surface area (Å²) in [6, 6.07) is 72.7. The van der Waals surface area contributed by atoms with Crippen molar-refractivity contribution in [1.29, 1.82) is 0 Å². The van der Waals surface area contributed by atoms with Gasteiger partial charge in [-0.2, -0.15) is 0 Å². The van der Waals surface area contributed by atoms with Crippen LogP contribution in [0.5, 0.6) is 0 Å². The number of benzene rings is 8. The van der Waals surface area contributed by atoms with Crippen molar-refractivity contribution in [1.82, 2.24) is 0 Å².